The van der Waals surface area contributed by atoms with Crippen molar-refractivity contribution in [2.45, 2.75) is 88.5 Å². The fraction of sp³-hybridized carbons (Fsp3) is 0.157. The topological polar surface area (TPSA) is 227 Å². The predicted octanol–water partition coefficient (Wildman–Crippen LogP) is 21.7. The van der Waals surface area contributed by atoms with Gasteiger partial charge in [0.1, 0.15) is 5.82 Å². The van der Waals surface area contributed by atoms with E-state index in [9.17, 15) is 27.2 Å². The minimum Gasteiger partial charge on any atom is -0.345 e. The summed E-state index contributed by atoms with van der Waals surface area (Å²) in [6.07, 6.45) is 21.3. The molecule has 0 saturated carbocycles. The number of primary sulfonamides is 1. The summed E-state index contributed by atoms with van der Waals surface area (Å²) < 4.78 is 41.9. The Morgan fingerprint density at radius 3 is 1.16 bits per heavy atom. The van der Waals surface area contributed by atoms with Gasteiger partial charge >= 0.3 is 0 Å². The van der Waals surface area contributed by atoms with Gasteiger partial charge in [-0.15, -0.1) is 0 Å². The van der Waals surface area contributed by atoms with E-state index >= 15 is 0 Å². The Balaban J connectivity index is 0.000000145. The zero-order valence-electron chi connectivity index (χ0n) is 58.5. The average molecular weight is 1650 g/mol. The molecule has 0 fully saturated rings. The van der Waals surface area contributed by atoms with Gasteiger partial charge in [-0.05, 0) is 268 Å². The molecular formula is C83H67Cl8FN12O5S. The number of hydrogen-bond acceptors (Lipinski definition) is 10. The van der Waals surface area contributed by atoms with E-state index in [1.165, 1.54) is 36.4 Å². The van der Waals surface area contributed by atoms with Crippen LogP contribution in [0.1, 0.15) is 145 Å². The lowest BCUT2D eigenvalue weighted by Crippen LogP contribution is -2.25. The standard InChI is InChI=1S/C28H23Cl3N4O3S.C28H23Cl3N4O.C27H21Cl2FN4O/c29-19-7-5-17(6-8-19)15-18-3-1-2-4-23-26(28(36)33-21-10-12-22(13-11-21)39(32,37)38)34-35(27(18)23)25-14-9-20(30)16-24(25)31;29-20-10-8-18(9-11-20)15-19-5-1-2-7-23-26(28(36)33-17-22-6-3-4-14-32-22)34-35(27(19)23)25-13-12-21(30)16-24(25)31;28-19-7-10-24(23(29)16-19)34-26-18(15-17-5-8-20(30)9-6-17)3-1-2-4-22(26)25(33-34)27(35)32-21-11-13-31-14-12-21/h5-16H,1-4H2,(H,33,36)(H2,32,37,38);3-4,6,8-16H,1-2,5,7,17H2,(H,33,36);5-16H,1-4H2,(H,31,32,35)/b18-15+;19-15+;18-15+. The normalized spacial score (nSPS) is 14.5. The number of halogens is 9. The minimum absolute atomic E-state index is 0.0481. The highest BCUT2D eigenvalue weighted by Gasteiger charge is 2.32. The molecule has 0 radical (unpaired) electrons. The van der Waals surface area contributed by atoms with Crippen molar-refractivity contribution in [2.24, 2.45) is 5.14 Å². The van der Waals surface area contributed by atoms with Crippen LogP contribution in [0.25, 0.3) is 52.0 Å². The largest absolute Gasteiger partial charge is 0.345 e. The van der Waals surface area contributed by atoms with E-state index in [0.717, 1.165) is 137 Å². The van der Waals surface area contributed by atoms with Crippen LogP contribution in [0.4, 0.5) is 15.8 Å². The number of hydrogen-bond donors (Lipinski definition) is 4. The minimum atomic E-state index is -3.85. The fourth-order valence-electron chi connectivity index (χ4n) is 13.3. The highest BCUT2D eigenvalue weighted by molar-refractivity contribution is 7.89. The third-order valence-corrected chi connectivity index (χ3v) is 21.5. The monoisotopic (exact) mass is 1640 g/mol. The molecule has 0 spiro atoms. The first kappa shape index (κ1) is 78.4. The molecular weight excluding hydrogens is 1580 g/mol. The molecule has 3 amide bonds. The molecule has 3 aliphatic rings. The number of anilines is 2. The highest BCUT2D eigenvalue weighted by Crippen LogP contribution is 2.42. The first-order valence-electron chi connectivity index (χ1n) is 35.0. The van der Waals surface area contributed by atoms with E-state index < -0.39 is 15.9 Å². The average Bonchev–Trinajstić information content (AvgIpc) is 1.62. The lowest BCUT2D eigenvalue weighted by molar-refractivity contribution is 0.0942. The van der Waals surface area contributed by atoms with Crippen LogP contribution < -0.4 is 21.1 Å². The predicted molar refractivity (Wildman–Crippen MR) is 440 cm³/mol. The Kier molecular flexibility index (Phi) is 25.3. The number of pyridine rings is 2. The van der Waals surface area contributed by atoms with E-state index in [1.54, 1.807) is 105 Å². The molecule has 0 aliphatic heterocycles. The molecule has 3 aliphatic carbocycles. The Morgan fingerprint density at radius 1 is 0.427 bits per heavy atom. The molecule has 558 valence electrons. The fourth-order valence-corrected chi connectivity index (χ4v) is 15.5. The van der Waals surface area contributed by atoms with Crippen LogP contribution in [0, 0.1) is 5.82 Å². The Bertz CT molecular complexity index is 5640. The first-order valence-corrected chi connectivity index (χ1v) is 39.6. The van der Waals surface area contributed by atoms with Gasteiger partial charge in [-0.3, -0.25) is 24.4 Å². The molecule has 17 nitrogen and oxygen atoms in total. The summed E-state index contributed by atoms with van der Waals surface area (Å²) in [5.74, 6) is -1.26. The van der Waals surface area contributed by atoms with E-state index in [4.69, 9.17) is 113 Å². The van der Waals surface area contributed by atoms with Gasteiger partial charge in [-0.25, -0.2) is 32.0 Å². The maximum atomic E-state index is 13.5. The Hall–Kier alpha value is -9.74. The quantitative estimate of drug-likeness (QED) is 0.0753. The van der Waals surface area contributed by atoms with Gasteiger partial charge < -0.3 is 16.0 Å². The van der Waals surface area contributed by atoms with Crippen molar-refractivity contribution in [1.82, 2.24) is 44.6 Å². The Labute approximate surface area is 674 Å². The first-order chi connectivity index (χ1) is 53.1. The van der Waals surface area contributed by atoms with Gasteiger partial charge in [-0.1, -0.05) is 135 Å². The number of nitrogens with one attached hydrogen (secondary N) is 3. The van der Waals surface area contributed by atoms with Crippen molar-refractivity contribution in [1.29, 1.82) is 0 Å². The van der Waals surface area contributed by atoms with Crippen molar-refractivity contribution >= 4 is 167 Å². The number of allylic oxidation sites excluding steroid dienone is 3. The summed E-state index contributed by atoms with van der Waals surface area (Å²) in [5.41, 5.74) is 15.8. The summed E-state index contributed by atoms with van der Waals surface area (Å²) in [6, 6.07) is 51.9. The molecule has 5 aromatic heterocycles. The van der Waals surface area contributed by atoms with Crippen LogP contribution >= 0.6 is 92.8 Å². The molecule has 0 bridgehead atoms. The molecule has 7 aromatic carbocycles. The summed E-state index contributed by atoms with van der Waals surface area (Å²) in [4.78, 5) is 48.5. The summed E-state index contributed by atoms with van der Waals surface area (Å²) in [5, 5.41) is 32.4. The van der Waals surface area contributed by atoms with Gasteiger partial charge in [0.15, 0.2) is 17.1 Å². The highest BCUT2D eigenvalue weighted by atomic mass is 35.5. The third-order valence-electron chi connectivity index (χ3n) is 18.5. The molecule has 27 heteroatoms. The number of amides is 3. The zero-order chi connectivity index (χ0) is 77.2. The molecule has 0 unspecified atom stereocenters. The SMILES string of the molecule is NS(=O)(=O)c1ccc(NC(=O)c2nn(-c3ccc(Cl)cc3Cl)c3c2CCCC/C3=C\c2ccc(Cl)cc2)cc1.O=C(NCc1ccccn1)c1nn(-c2ccc(Cl)cc2Cl)c2c1CCCC/C2=C\c1ccc(Cl)cc1.O=C(Nc1ccncc1)c1nn(-c2ccc(Cl)cc2Cl)c2c1CCCC/C2=C\c1ccc(F)cc1. The second kappa shape index (κ2) is 35.5. The van der Waals surface area contributed by atoms with Crippen molar-refractivity contribution in [2.75, 3.05) is 10.6 Å². The maximum Gasteiger partial charge on any atom is 0.276 e. The van der Waals surface area contributed by atoms with Gasteiger partial charge in [0.2, 0.25) is 10.0 Å². The smallest absolute Gasteiger partial charge is 0.276 e. The maximum absolute atomic E-state index is 13.5. The lowest BCUT2D eigenvalue weighted by atomic mass is 10.0. The number of sulfonamides is 1. The van der Waals surface area contributed by atoms with E-state index in [0.29, 0.717) is 99.4 Å². The van der Waals surface area contributed by atoms with E-state index in [2.05, 4.69) is 38.1 Å². The van der Waals surface area contributed by atoms with Crippen LogP contribution in [-0.2, 0) is 35.8 Å². The number of nitrogens with two attached hydrogens (primary N) is 1. The number of nitrogens with zero attached hydrogens (tertiary/aromatic N) is 8. The Morgan fingerprint density at radius 2 is 0.791 bits per heavy atom. The number of aromatic nitrogens is 8. The molecule has 5 heterocycles. The van der Waals surface area contributed by atoms with Crippen molar-refractivity contribution in [3.63, 3.8) is 0 Å². The zero-order valence-corrected chi connectivity index (χ0v) is 65.3. The number of carbonyl (C=O) groups excluding carboxylic acids is 3. The summed E-state index contributed by atoms with van der Waals surface area (Å²) in [6.45, 7) is 0.316. The lowest BCUT2D eigenvalue weighted by Gasteiger charge is -2.13. The number of carbonyl (C=O) groups is 3. The third kappa shape index (κ3) is 19.0. The van der Waals surface area contributed by atoms with Crippen LogP contribution in [0.3, 0.4) is 0 Å². The second-order valence-electron chi connectivity index (χ2n) is 26.1. The molecule has 0 saturated heterocycles. The van der Waals surface area contributed by atoms with Crippen molar-refractivity contribution < 1.29 is 27.2 Å². The molecule has 12 aromatic rings. The van der Waals surface area contributed by atoms with Crippen LogP contribution in [0.2, 0.25) is 40.2 Å². The van der Waals surface area contributed by atoms with Crippen LogP contribution in [-0.4, -0.2) is 65.4 Å². The molecule has 15 rings (SSSR count). The molecule has 110 heavy (non-hydrogen) atoms. The number of benzene rings is 7. The summed E-state index contributed by atoms with van der Waals surface area (Å²) in [7, 11) is -3.85. The van der Waals surface area contributed by atoms with Gasteiger partial charge in [0.05, 0.1) is 66.3 Å². The molecule has 0 atom stereocenters. The van der Waals surface area contributed by atoms with Gasteiger partial charge in [0.25, 0.3) is 17.7 Å². The second-order valence-corrected chi connectivity index (χ2v) is 31.0. The van der Waals surface area contributed by atoms with Crippen molar-refractivity contribution in [3.05, 3.63) is 320 Å². The van der Waals surface area contributed by atoms with Crippen LogP contribution in [0.15, 0.2) is 205 Å². The van der Waals surface area contributed by atoms with Gasteiger partial charge in [-0.2, -0.15) is 15.3 Å². The summed E-state index contributed by atoms with van der Waals surface area (Å²) >= 11 is 50.5. The number of rotatable bonds is 14. The van der Waals surface area contributed by atoms with Crippen LogP contribution in [0.5, 0.6) is 0 Å². The van der Waals surface area contributed by atoms with Gasteiger partial charge in [0, 0.05) is 71.8 Å². The van der Waals surface area contributed by atoms with Crippen molar-refractivity contribution in [3.8, 4) is 17.1 Å². The number of fused-ring (bicyclic) bond motifs is 3. The van der Waals surface area contributed by atoms with E-state index in [1.807, 2.05) is 78.9 Å². The van der Waals surface area contributed by atoms with E-state index in [-0.39, 0.29) is 28.2 Å². The molecule has 5 N–H and O–H groups in total.